The van der Waals surface area contributed by atoms with Crippen LogP contribution in [0.4, 0.5) is 23.2 Å². The van der Waals surface area contributed by atoms with Crippen molar-refractivity contribution >= 4 is 11.6 Å². The number of carbonyl (C=O) groups is 1. The molecule has 0 fully saturated rings. The molecule has 0 heterocycles. The maximum Gasteiger partial charge on any atom is 0.387 e. The molecule has 5 nitrogen and oxygen atoms in total. The molecule has 0 radical (unpaired) electrons. The summed E-state index contributed by atoms with van der Waals surface area (Å²) in [5.74, 6) is -1.92. The Morgan fingerprint density at radius 1 is 1.24 bits per heavy atom. The van der Waals surface area contributed by atoms with Gasteiger partial charge in [0.15, 0.2) is 5.75 Å². The van der Waals surface area contributed by atoms with Gasteiger partial charge in [-0.3, -0.25) is 4.79 Å². The van der Waals surface area contributed by atoms with Crippen LogP contribution in [0, 0.1) is 5.92 Å². The first-order valence-corrected chi connectivity index (χ1v) is 5.88. The standard InChI is InChI=1S/C12H14F4N2O3/c1-6(5-17)10(19)18-8-3-2-7(20-11(13)14)4-9(8)21-12(15)16/h2-4,6,11-12H,5,17H2,1H3,(H,18,19). The molecule has 0 aliphatic rings. The Balaban J connectivity index is 2.98. The second-order valence-corrected chi connectivity index (χ2v) is 4.04. The summed E-state index contributed by atoms with van der Waals surface area (Å²) in [6.45, 7) is -4.70. The third-order valence-electron chi connectivity index (χ3n) is 2.45. The van der Waals surface area contributed by atoms with Crippen LogP contribution in [0.25, 0.3) is 0 Å². The molecule has 1 aromatic carbocycles. The van der Waals surface area contributed by atoms with Gasteiger partial charge in [0, 0.05) is 18.5 Å². The molecule has 1 atom stereocenters. The van der Waals surface area contributed by atoms with Crippen LogP contribution in [0.1, 0.15) is 6.92 Å². The third kappa shape index (κ3) is 5.46. The van der Waals surface area contributed by atoms with E-state index in [1.54, 1.807) is 0 Å². The molecular formula is C12H14F4N2O3. The molecule has 1 unspecified atom stereocenters. The van der Waals surface area contributed by atoms with Gasteiger partial charge in [-0.25, -0.2) is 0 Å². The van der Waals surface area contributed by atoms with E-state index < -0.39 is 30.8 Å². The predicted molar refractivity (Wildman–Crippen MR) is 66.6 cm³/mol. The fourth-order valence-corrected chi connectivity index (χ4v) is 1.34. The van der Waals surface area contributed by atoms with Gasteiger partial charge in [-0.1, -0.05) is 6.92 Å². The SMILES string of the molecule is CC(CN)C(=O)Nc1ccc(OC(F)F)cc1OC(F)F. The van der Waals surface area contributed by atoms with E-state index in [4.69, 9.17) is 5.73 Å². The summed E-state index contributed by atoms with van der Waals surface area (Å²) < 4.78 is 57.0. The highest BCUT2D eigenvalue weighted by atomic mass is 19.3. The van der Waals surface area contributed by atoms with Crippen LogP contribution in [-0.2, 0) is 4.79 Å². The maximum absolute atomic E-state index is 12.3. The molecule has 1 aromatic rings. The van der Waals surface area contributed by atoms with Crippen LogP contribution in [0.5, 0.6) is 11.5 Å². The number of ether oxygens (including phenoxy) is 2. The quantitative estimate of drug-likeness (QED) is 0.759. The van der Waals surface area contributed by atoms with Crippen molar-refractivity contribution in [2.75, 3.05) is 11.9 Å². The molecule has 0 aromatic heterocycles. The number of nitrogens with two attached hydrogens (primary N) is 1. The average molecular weight is 310 g/mol. The van der Waals surface area contributed by atoms with Gasteiger partial charge in [-0.2, -0.15) is 17.6 Å². The van der Waals surface area contributed by atoms with E-state index in [2.05, 4.69) is 14.8 Å². The second-order valence-electron chi connectivity index (χ2n) is 4.04. The van der Waals surface area contributed by atoms with E-state index in [-0.39, 0.29) is 18.0 Å². The molecular weight excluding hydrogens is 296 g/mol. The van der Waals surface area contributed by atoms with Crippen LogP contribution in [0.2, 0.25) is 0 Å². The van der Waals surface area contributed by atoms with E-state index in [1.165, 1.54) is 6.92 Å². The minimum atomic E-state index is -3.19. The van der Waals surface area contributed by atoms with Crippen molar-refractivity contribution in [3.05, 3.63) is 18.2 Å². The molecule has 0 bridgehead atoms. The lowest BCUT2D eigenvalue weighted by molar-refractivity contribution is -0.119. The molecule has 1 rings (SSSR count). The van der Waals surface area contributed by atoms with Crippen molar-refractivity contribution in [2.45, 2.75) is 20.1 Å². The van der Waals surface area contributed by atoms with E-state index in [9.17, 15) is 22.4 Å². The van der Waals surface area contributed by atoms with E-state index in [0.717, 1.165) is 18.2 Å². The first-order valence-electron chi connectivity index (χ1n) is 5.88. The Hall–Kier alpha value is -2.03. The molecule has 9 heteroatoms. The number of carbonyl (C=O) groups excluding carboxylic acids is 1. The number of amides is 1. The lowest BCUT2D eigenvalue weighted by Crippen LogP contribution is -2.27. The highest BCUT2D eigenvalue weighted by Gasteiger charge is 2.17. The maximum atomic E-state index is 12.3. The van der Waals surface area contributed by atoms with Gasteiger partial charge in [-0.15, -0.1) is 0 Å². The number of anilines is 1. The third-order valence-corrected chi connectivity index (χ3v) is 2.45. The molecule has 0 aliphatic heterocycles. The summed E-state index contributed by atoms with van der Waals surface area (Å²) in [4.78, 5) is 11.7. The Bertz CT molecular complexity index is 486. The molecule has 0 spiro atoms. The van der Waals surface area contributed by atoms with Gasteiger partial charge in [0.1, 0.15) is 5.75 Å². The van der Waals surface area contributed by atoms with Crippen molar-refractivity contribution in [2.24, 2.45) is 11.7 Å². The van der Waals surface area contributed by atoms with Gasteiger partial charge >= 0.3 is 13.2 Å². The fourth-order valence-electron chi connectivity index (χ4n) is 1.34. The van der Waals surface area contributed by atoms with Crippen molar-refractivity contribution in [1.29, 1.82) is 0 Å². The normalized spacial score (nSPS) is 12.4. The highest BCUT2D eigenvalue weighted by molar-refractivity contribution is 5.94. The largest absolute Gasteiger partial charge is 0.435 e. The molecule has 1 amide bonds. The second kappa shape index (κ2) is 7.67. The first kappa shape index (κ1) is 17.0. The fraction of sp³-hybridized carbons (Fsp3) is 0.417. The molecule has 3 N–H and O–H groups in total. The number of hydrogen-bond acceptors (Lipinski definition) is 4. The molecule has 0 aliphatic carbocycles. The summed E-state index contributed by atoms with van der Waals surface area (Å²) in [5.41, 5.74) is 5.21. The number of rotatable bonds is 7. The monoisotopic (exact) mass is 310 g/mol. The number of halogens is 4. The lowest BCUT2D eigenvalue weighted by Gasteiger charge is -2.15. The van der Waals surface area contributed by atoms with Crippen molar-refractivity contribution in [3.8, 4) is 11.5 Å². The summed E-state index contributed by atoms with van der Waals surface area (Å²) in [6.07, 6.45) is 0. The Morgan fingerprint density at radius 2 is 1.86 bits per heavy atom. The summed E-state index contributed by atoms with van der Waals surface area (Å²) >= 11 is 0. The van der Waals surface area contributed by atoms with Crippen molar-refractivity contribution in [3.63, 3.8) is 0 Å². The van der Waals surface area contributed by atoms with E-state index in [1.807, 2.05) is 0 Å². The van der Waals surface area contributed by atoms with Crippen molar-refractivity contribution in [1.82, 2.24) is 0 Å². The van der Waals surface area contributed by atoms with Crippen LogP contribution in [-0.4, -0.2) is 25.7 Å². The van der Waals surface area contributed by atoms with Gasteiger partial charge < -0.3 is 20.5 Å². The average Bonchev–Trinajstić information content (AvgIpc) is 2.39. The van der Waals surface area contributed by atoms with E-state index in [0.29, 0.717) is 0 Å². The molecule has 118 valence electrons. The predicted octanol–water partition coefficient (Wildman–Crippen LogP) is 2.42. The van der Waals surface area contributed by atoms with Crippen LogP contribution in [0.3, 0.4) is 0 Å². The van der Waals surface area contributed by atoms with Crippen LogP contribution in [0.15, 0.2) is 18.2 Å². The highest BCUT2D eigenvalue weighted by Crippen LogP contribution is 2.31. The number of benzene rings is 1. The lowest BCUT2D eigenvalue weighted by atomic mass is 10.1. The van der Waals surface area contributed by atoms with Gasteiger partial charge in [-0.05, 0) is 12.1 Å². The number of alkyl halides is 4. The molecule has 0 saturated carbocycles. The zero-order valence-electron chi connectivity index (χ0n) is 11.0. The molecule has 0 saturated heterocycles. The van der Waals surface area contributed by atoms with Gasteiger partial charge in [0.05, 0.1) is 5.69 Å². The van der Waals surface area contributed by atoms with E-state index >= 15 is 0 Å². The Kier molecular flexibility index (Phi) is 6.22. The summed E-state index contributed by atoms with van der Waals surface area (Å²) in [7, 11) is 0. The minimum absolute atomic E-state index is 0.0590. The number of hydrogen-bond donors (Lipinski definition) is 2. The van der Waals surface area contributed by atoms with Crippen LogP contribution < -0.4 is 20.5 Å². The number of nitrogens with one attached hydrogen (secondary N) is 1. The Morgan fingerprint density at radius 3 is 2.38 bits per heavy atom. The minimum Gasteiger partial charge on any atom is -0.435 e. The van der Waals surface area contributed by atoms with Crippen LogP contribution >= 0.6 is 0 Å². The van der Waals surface area contributed by atoms with Crippen molar-refractivity contribution < 1.29 is 31.8 Å². The molecule has 21 heavy (non-hydrogen) atoms. The first-order chi connectivity index (χ1) is 9.83. The summed E-state index contributed by atoms with van der Waals surface area (Å²) in [6, 6.07) is 3.05. The van der Waals surface area contributed by atoms with Gasteiger partial charge in [0.25, 0.3) is 0 Å². The zero-order valence-corrected chi connectivity index (χ0v) is 11.0. The summed E-state index contributed by atoms with van der Waals surface area (Å²) in [5, 5.41) is 2.33. The Labute approximate surface area is 118 Å². The van der Waals surface area contributed by atoms with Gasteiger partial charge in [0.2, 0.25) is 5.91 Å². The topological polar surface area (TPSA) is 73.6 Å². The zero-order chi connectivity index (χ0) is 16.0. The smallest absolute Gasteiger partial charge is 0.387 e.